The van der Waals surface area contributed by atoms with Crippen molar-refractivity contribution in [1.29, 1.82) is 0 Å². The molecule has 4 aliphatic heterocycles. The van der Waals surface area contributed by atoms with Crippen LogP contribution in [0.1, 0.15) is 153 Å². The zero-order valence-electron chi connectivity index (χ0n) is 67.7. The third-order valence-corrected chi connectivity index (χ3v) is 25.2. The van der Waals surface area contributed by atoms with Gasteiger partial charge in [-0.25, -0.2) is 47.4 Å². The molecule has 1 N–H and O–H groups in total. The molecule has 15 rings (SSSR count). The third kappa shape index (κ3) is 15.6. The summed E-state index contributed by atoms with van der Waals surface area (Å²) in [6.45, 7) is 30.3. The van der Waals surface area contributed by atoms with Crippen molar-refractivity contribution in [1.82, 2.24) is 58.3 Å². The number of pyridine rings is 3. The van der Waals surface area contributed by atoms with Crippen molar-refractivity contribution in [3.8, 4) is 28.4 Å². The fraction of sp³-hybridized carbons (Fsp3) is 0.400. The summed E-state index contributed by atoms with van der Waals surface area (Å²) in [6, 6.07) is 20.1. The number of hydrogen-bond acceptors (Lipinski definition) is 17. The van der Waals surface area contributed by atoms with Crippen LogP contribution in [0.15, 0.2) is 148 Å². The Hall–Kier alpha value is -10.8. The number of para-hydroxylation sites is 1. The number of allylic oxidation sites excluding steroid dienone is 6. The molecular weight excluding hydrogens is 1540 g/mol. The number of anilines is 4. The lowest BCUT2D eigenvalue weighted by atomic mass is 9.94. The number of nitrogens with zero attached hydrogens (tertiary/aromatic N) is 16. The van der Waals surface area contributed by atoms with Gasteiger partial charge < -0.3 is 39.4 Å². The molecule has 2 saturated carbocycles. The van der Waals surface area contributed by atoms with Crippen LogP contribution in [-0.4, -0.2) is 171 Å². The highest BCUT2D eigenvalue weighted by molar-refractivity contribution is 6.34. The lowest BCUT2D eigenvalue weighted by Crippen LogP contribution is -2.54. The standard InChI is InChI=1S/C90H98Cl3FN16O7/c1-12-58-24-20-25-59(13-2)79(58)110-84-63(46-66(91)77(95-84)60-22-16-17-23-60)81(100-89(110)117)107-42-39-103(50-55(107)9)74(113)32-28-53(7)44-71(65(14-3)90(11)34-35-90)109-83-62(47-67(92)78(96-83)76-69(94)26-21-27-72(76)111)80(99-88(109)116)106-43-40-104(51-56(106)10)75(114)33-30-57-29-31-61(52(5)6)70(45-57)108-85-64(48-68(93)86(97-85)101-36-18-19-37-101)82(98-87(108)115)105-41-38-102(49-54(105)8)73(112)15-4/h14-15,20-21,24-33,44-48,52,54-56,60,111H,3-4,12-13,16-19,22-23,34-43,49-51H2,1-2,5-11H3/b32-28?,33-30-,53-44+,71-65-/t54-,55-,56-/m0/s1. The van der Waals surface area contributed by atoms with Crippen molar-refractivity contribution in [3.05, 3.63) is 214 Å². The minimum Gasteiger partial charge on any atom is -0.507 e. The first-order valence-electron chi connectivity index (χ1n) is 40.8. The lowest BCUT2D eigenvalue weighted by molar-refractivity contribution is -0.127. The molecule has 6 fully saturated rings. The molecule has 3 aromatic carbocycles. The second kappa shape index (κ2) is 33.3. The number of fused-ring (bicyclic) bond motifs is 3. The van der Waals surface area contributed by atoms with Gasteiger partial charge in [0.15, 0.2) is 16.9 Å². The topological polar surface area (TPSA) is 237 Å². The fourth-order valence-corrected chi connectivity index (χ4v) is 18.6. The molecule has 27 heteroatoms. The molecule has 4 saturated heterocycles. The molecule has 2 aliphatic carbocycles. The molecule has 0 radical (unpaired) electrons. The maximum Gasteiger partial charge on any atom is 0.355 e. The molecule has 23 nitrogen and oxygen atoms in total. The summed E-state index contributed by atoms with van der Waals surface area (Å²) >= 11 is 21.5. The van der Waals surface area contributed by atoms with Gasteiger partial charge in [0, 0.05) is 108 Å². The van der Waals surface area contributed by atoms with Crippen LogP contribution in [0.2, 0.25) is 15.1 Å². The van der Waals surface area contributed by atoms with Crippen LogP contribution in [0, 0.1) is 11.2 Å². The van der Waals surface area contributed by atoms with Crippen LogP contribution in [0.3, 0.4) is 0 Å². The third-order valence-electron chi connectivity index (χ3n) is 24.3. The minimum atomic E-state index is -0.801. The fourth-order valence-electron chi connectivity index (χ4n) is 17.8. The monoisotopic (exact) mass is 1640 g/mol. The Labute approximate surface area is 694 Å². The van der Waals surface area contributed by atoms with E-state index in [4.69, 9.17) is 64.7 Å². The summed E-state index contributed by atoms with van der Waals surface area (Å²) in [5.41, 5.74) is 5.61. The Balaban J connectivity index is 0.719. The van der Waals surface area contributed by atoms with Crippen molar-refractivity contribution < 1.29 is 23.9 Å². The van der Waals surface area contributed by atoms with Crippen molar-refractivity contribution in [3.63, 3.8) is 0 Å². The van der Waals surface area contributed by atoms with E-state index in [2.05, 4.69) is 43.7 Å². The molecule has 0 spiro atoms. The quantitative estimate of drug-likeness (QED) is 0.0551. The van der Waals surface area contributed by atoms with E-state index in [1.165, 1.54) is 41.0 Å². The number of benzene rings is 3. The van der Waals surface area contributed by atoms with E-state index < -0.39 is 40.1 Å². The zero-order valence-corrected chi connectivity index (χ0v) is 70.0. The summed E-state index contributed by atoms with van der Waals surface area (Å²) in [6.07, 6.45) is 20.2. The highest BCUT2D eigenvalue weighted by Crippen LogP contribution is 2.54. The van der Waals surface area contributed by atoms with Gasteiger partial charge in [-0.1, -0.05) is 144 Å². The van der Waals surface area contributed by atoms with E-state index in [1.807, 2.05) is 99.9 Å². The number of phenolic OH excluding ortho intramolecular Hbond substituents is 1. The van der Waals surface area contributed by atoms with Crippen molar-refractivity contribution in [2.45, 2.75) is 156 Å². The van der Waals surface area contributed by atoms with Crippen molar-refractivity contribution >= 4 is 121 Å². The molecule has 6 aliphatic rings. The average molecular weight is 1640 g/mol. The maximum atomic E-state index is 16.2. The molecule has 9 aromatic rings. The average Bonchev–Trinajstić information content (AvgIpc) is 1.73. The number of aromatic hydroxyl groups is 1. The SMILES string of the molecule is C=CC(=O)N1CCN(c2nc(=O)n(-c3cc(/C=C\C(=O)N4CCN(c5nc(=O)n(C(/C=C(\C)C=CC(=O)N6CCN(c7nc(=O)n(-c8c(CC)cccc8CC)c8nc(C9CCCC9)c(Cl)cc78)[C@@H](C)C6)=C(/C=C)C6(C)CC6)c6nc(-c7c(O)cccc7F)c(Cl)cc56)[C@@H](C)C4)ccc3C(C)C)c3nc(N4CCCC4)c(Cl)cc23)[C@@H](C)C1. The second-order valence-corrected chi connectivity index (χ2v) is 33.7. The second-order valence-electron chi connectivity index (χ2n) is 32.5. The maximum absolute atomic E-state index is 16.2. The summed E-state index contributed by atoms with van der Waals surface area (Å²) in [7, 11) is 0. The number of carbonyl (C=O) groups excluding carboxylic acids is 3. The predicted molar refractivity (Wildman–Crippen MR) is 465 cm³/mol. The Morgan fingerprint density at radius 2 is 1.14 bits per heavy atom. The van der Waals surface area contributed by atoms with Gasteiger partial charge in [-0.3, -0.25) is 14.4 Å². The van der Waals surface area contributed by atoms with Crippen LogP contribution in [-0.2, 0) is 27.2 Å². The van der Waals surface area contributed by atoms with Gasteiger partial charge in [-0.15, -0.1) is 0 Å². The van der Waals surface area contributed by atoms with Gasteiger partial charge in [-0.05, 0) is 178 Å². The summed E-state index contributed by atoms with van der Waals surface area (Å²) < 4.78 is 20.8. The van der Waals surface area contributed by atoms with Gasteiger partial charge in [0.1, 0.15) is 34.8 Å². The first-order valence-corrected chi connectivity index (χ1v) is 41.9. The molecule has 3 atom stereocenters. The lowest BCUT2D eigenvalue weighted by Gasteiger charge is -2.40. The molecule has 6 aromatic heterocycles. The first-order chi connectivity index (χ1) is 56.2. The number of hydrogen-bond donors (Lipinski definition) is 1. The predicted octanol–water partition coefficient (Wildman–Crippen LogP) is 15.4. The smallest absolute Gasteiger partial charge is 0.355 e. The van der Waals surface area contributed by atoms with Crippen molar-refractivity contribution in [2.75, 3.05) is 91.6 Å². The molecular formula is C90H98Cl3FN16O7. The summed E-state index contributed by atoms with van der Waals surface area (Å²) in [4.78, 5) is 131. The van der Waals surface area contributed by atoms with Gasteiger partial charge in [0.25, 0.3) is 0 Å². The Bertz CT molecular complexity index is 5830. The van der Waals surface area contributed by atoms with Crippen molar-refractivity contribution in [2.24, 2.45) is 5.41 Å². The molecule has 0 bridgehead atoms. The van der Waals surface area contributed by atoms with Gasteiger partial charge in [0.2, 0.25) is 17.7 Å². The number of halogens is 4. The molecule has 117 heavy (non-hydrogen) atoms. The number of carbonyl (C=O) groups is 3. The molecule has 0 unspecified atom stereocenters. The van der Waals surface area contributed by atoms with Gasteiger partial charge in [-0.2, -0.15) is 15.0 Å². The largest absolute Gasteiger partial charge is 0.507 e. The first kappa shape index (κ1) is 81.3. The Morgan fingerprint density at radius 1 is 0.598 bits per heavy atom. The van der Waals surface area contributed by atoms with E-state index >= 15 is 9.18 Å². The molecule has 3 amide bonds. The van der Waals surface area contributed by atoms with E-state index in [-0.39, 0.29) is 89.0 Å². The normalized spacial score (nSPS) is 19.1. The molecule has 608 valence electrons. The number of amides is 3. The van der Waals surface area contributed by atoms with Crippen LogP contribution in [0.25, 0.3) is 67.5 Å². The Kier molecular flexibility index (Phi) is 23.1. The van der Waals surface area contributed by atoms with E-state index in [1.54, 1.807) is 54.2 Å². The number of aryl methyl sites for hydroxylation is 2. The van der Waals surface area contributed by atoms with Crippen LogP contribution in [0.4, 0.5) is 27.7 Å². The van der Waals surface area contributed by atoms with E-state index in [0.717, 1.165) is 92.5 Å². The van der Waals surface area contributed by atoms with Crippen LogP contribution in [0.5, 0.6) is 5.75 Å². The van der Waals surface area contributed by atoms with Crippen LogP contribution >= 0.6 is 34.8 Å². The number of piperazine rings is 3. The molecule has 10 heterocycles. The highest BCUT2D eigenvalue weighted by Gasteiger charge is 2.43. The minimum absolute atomic E-state index is 0.0357. The number of phenols is 1. The van der Waals surface area contributed by atoms with Gasteiger partial charge >= 0.3 is 17.1 Å². The Morgan fingerprint density at radius 3 is 1.69 bits per heavy atom. The highest BCUT2D eigenvalue weighted by atomic mass is 35.5. The zero-order chi connectivity index (χ0) is 82.7. The summed E-state index contributed by atoms with van der Waals surface area (Å²) in [5.74, 6) is -0.171. The van der Waals surface area contributed by atoms with Crippen LogP contribution < -0.4 is 36.7 Å². The summed E-state index contributed by atoms with van der Waals surface area (Å²) in [5, 5.41) is 13.8. The number of rotatable bonds is 20. The van der Waals surface area contributed by atoms with E-state index in [9.17, 15) is 29.1 Å². The number of aromatic nitrogens is 9. The van der Waals surface area contributed by atoms with Gasteiger partial charge in [0.05, 0.1) is 65.2 Å². The van der Waals surface area contributed by atoms with E-state index in [0.29, 0.717) is 135 Å².